The zero-order valence-corrected chi connectivity index (χ0v) is 10.6. The zero-order chi connectivity index (χ0) is 13.1. The number of hydrogen-bond donors (Lipinski definition) is 1. The summed E-state index contributed by atoms with van der Waals surface area (Å²) in [5.41, 5.74) is 2.21. The molecule has 0 aliphatic carbocycles. The second kappa shape index (κ2) is 4.91. The van der Waals surface area contributed by atoms with Crippen molar-refractivity contribution >= 4 is 11.6 Å². The number of amides is 1. The van der Waals surface area contributed by atoms with Crippen LogP contribution in [0.4, 0.5) is 5.69 Å². The SMILES string of the molecule is COc1ccc(C)cc1NC(=O)c1ccnn1C. The molecule has 0 atom stereocenters. The fourth-order valence-corrected chi connectivity index (χ4v) is 1.70. The summed E-state index contributed by atoms with van der Waals surface area (Å²) in [6.45, 7) is 1.96. The van der Waals surface area contributed by atoms with Gasteiger partial charge in [-0.3, -0.25) is 9.48 Å². The molecule has 2 aromatic rings. The molecule has 1 amide bonds. The molecule has 0 radical (unpaired) electrons. The number of carbonyl (C=O) groups excluding carboxylic acids is 1. The summed E-state index contributed by atoms with van der Waals surface area (Å²) < 4.78 is 6.74. The van der Waals surface area contributed by atoms with Crippen LogP contribution in [0.2, 0.25) is 0 Å². The molecule has 0 bridgehead atoms. The van der Waals surface area contributed by atoms with E-state index in [-0.39, 0.29) is 5.91 Å². The number of rotatable bonds is 3. The summed E-state index contributed by atoms with van der Waals surface area (Å²) in [6, 6.07) is 7.29. The third kappa shape index (κ3) is 2.34. The normalized spacial score (nSPS) is 10.2. The highest BCUT2D eigenvalue weighted by atomic mass is 16.5. The molecule has 18 heavy (non-hydrogen) atoms. The van der Waals surface area contributed by atoms with Crippen molar-refractivity contribution in [3.63, 3.8) is 0 Å². The minimum atomic E-state index is -0.209. The van der Waals surface area contributed by atoms with Crippen LogP contribution in [0.5, 0.6) is 5.75 Å². The predicted octanol–water partition coefficient (Wildman–Crippen LogP) is 1.99. The summed E-state index contributed by atoms with van der Waals surface area (Å²) in [5, 5.41) is 6.78. The summed E-state index contributed by atoms with van der Waals surface area (Å²) in [4.78, 5) is 12.0. The van der Waals surface area contributed by atoms with Gasteiger partial charge in [0.05, 0.1) is 12.8 Å². The van der Waals surface area contributed by atoms with Gasteiger partial charge in [0.25, 0.3) is 5.91 Å². The Bertz CT molecular complexity index is 575. The van der Waals surface area contributed by atoms with E-state index in [2.05, 4.69) is 10.4 Å². The van der Waals surface area contributed by atoms with E-state index < -0.39 is 0 Å². The van der Waals surface area contributed by atoms with Crippen molar-refractivity contribution in [2.45, 2.75) is 6.92 Å². The monoisotopic (exact) mass is 245 g/mol. The lowest BCUT2D eigenvalue weighted by Crippen LogP contribution is -2.16. The van der Waals surface area contributed by atoms with Crippen LogP contribution in [0.25, 0.3) is 0 Å². The second-order valence-electron chi connectivity index (χ2n) is 4.00. The largest absolute Gasteiger partial charge is 0.495 e. The first-order valence-electron chi connectivity index (χ1n) is 5.56. The zero-order valence-electron chi connectivity index (χ0n) is 10.6. The summed E-state index contributed by atoms with van der Waals surface area (Å²) in [5.74, 6) is 0.426. The fourth-order valence-electron chi connectivity index (χ4n) is 1.70. The Balaban J connectivity index is 2.27. The number of aromatic nitrogens is 2. The molecule has 0 spiro atoms. The minimum absolute atomic E-state index is 0.209. The maximum Gasteiger partial charge on any atom is 0.274 e. The van der Waals surface area contributed by atoms with E-state index in [0.717, 1.165) is 5.56 Å². The lowest BCUT2D eigenvalue weighted by molar-refractivity contribution is 0.101. The molecule has 0 saturated carbocycles. The van der Waals surface area contributed by atoms with Crippen molar-refractivity contribution in [3.05, 3.63) is 41.7 Å². The van der Waals surface area contributed by atoms with Gasteiger partial charge in [-0.1, -0.05) is 6.07 Å². The smallest absolute Gasteiger partial charge is 0.274 e. The highest BCUT2D eigenvalue weighted by Crippen LogP contribution is 2.25. The molecule has 1 heterocycles. The molecule has 94 valence electrons. The van der Waals surface area contributed by atoms with Crippen molar-refractivity contribution in [1.29, 1.82) is 0 Å². The van der Waals surface area contributed by atoms with Gasteiger partial charge in [0.1, 0.15) is 11.4 Å². The van der Waals surface area contributed by atoms with Crippen LogP contribution in [-0.4, -0.2) is 22.8 Å². The van der Waals surface area contributed by atoms with Gasteiger partial charge >= 0.3 is 0 Å². The van der Waals surface area contributed by atoms with E-state index in [1.807, 2.05) is 25.1 Å². The molecule has 2 rings (SSSR count). The quantitative estimate of drug-likeness (QED) is 0.899. The topological polar surface area (TPSA) is 56.1 Å². The van der Waals surface area contributed by atoms with Crippen molar-refractivity contribution in [2.24, 2.45) is 7.05 Å². The predicted molar refractivity (Wildman–Crippen MR) is 68.9 cm³/mol. The fraction of sp³-hybridized carbons (Fsp3) is 0.231. The van der Waals surface area contributed by atoms with Crippen LogP contribution in [0.1, 0.15) is 16.1 Å². The second-order valence-corrected chi connectivity index (χ2v) is 4.00. The first-order valence-corrected chi connectivity index (χ1v) is 5.56. The molecule has 1 aromatic heterocycles. The molecular formula is C13H15N3O2. The van der Waals surface area contributed by atoms with Crippen LogP contribution < -0.4 is 10.1 Å². The van der Waals surface area contributed by atoms with Crippen LogP contribution in [0.3, 0.4) is 0 Å². The van der Waals surface area contributed by atoms with Gasteiger partial charge in [-0.05, 0) is 30.7 Å². The van der Waals surface area contributed by atoms with Crippen molar-refractivity contribution < 1.29 is 9.53 Å². The Hall–Kier alpha value is -2.30. The molecule has 1 N–H and O–H groups in total. The van der Waals surface area contributed by atoms with E-state index >= 15 is 0 Å². The van der Waals surface area contributed by atoms with Crippen LogP contribution >= 0.6 is 0 Å². The summed E-state index contributed by atoms with van der Waals surface area (Å²) >= 11 is 0. The molecule has 0 aliphatic heterocycles. The van der Waals surface area contributed by atoms with Gasteiger partial charge in [0.15, 0.2) is 0 Å². The first kappa shape index (κ1) is 12.2. The number of ether oxygens (including phenoxy) is 1. The van der Waals surface area contributed by atoms with Crippen molar-refractivity contribution in [3.8, 4) is 5.75 Å². The number of benzene rings is 1. The molecule has 0 fully saturated rings. The Morgan fingerprint density at radius 3 is 2.78 bits per heavy atom. The van der Waals surface area contributed by atoms with Gasteiger partial charge in [0, 0.05) is 13.2 Å². The summed E-state index contributed by atoms with van der Waals surface area (Å²) in [6.07, 6.45) is 1.59. The molecule has 1 aromatic carbocycles. The molecule has 5 nitrogen and oxygen atoms in total. The van der Waals surface area contributed by atoms with Crippen molar-refractivity contribution in [1.82, 2.24) is 9.78 Å². The van der Waals surface area contributed by atoms with Gasteiger partial charge in [-0.15, -0.1) is 0 Å². The number of carbonyl (C=O) groups is 1. The van der Waals surface area contributed by atoms with Gasteiger partial charge in [-0.25, -0.2) is 0 Å². The highest BCUT2D eigenvalue weighted by Gasteiger charge is 2.12. The number of aryl methyl sites for hydroxylation is 2. The van der Waals surface area contributed by atoms with Crippen LogP contribution in [-0.2, 0) is 7.05 Å². The maximum absolute atomic E-state index is 12.0. The molecule has 0 saturated heterocycles. The lowest BCUT2D eigenvalue weighted by Gasteiger charge is -2.10. The number of anilines is 1. The van der Waals surface area contributed by atoms with E-state index in [4.69, 9.17) is 4.74 Å². The van der Waals surface area contributed by atoms with Gasteiger partial charge in [-0.2, -0.15) is 5.10 Å². The lowest BCUT2D eigenvalue weighted by atomic mass is 10.2. The number of hydrogen-bond acceptors (Lipinski definition) is 3. The molecule has 0 aliphatic rings. The average molecular weight is 245 g/mol. The Labute approximate surface area is 105 Å². The third-order valence-electron chi connectivity index (χ3n) is 2.66. The molecular weight excluding hydrogens is 230 g/mol. The number of methoxy groups -OCH3 is 1. The molecule has 0 unspecified atom stereocenters. The minimum Gasteiger partial charge on any atom is -0.495 e. The Kier molecular flexibility index (Phi) is 3.32. The van der Waals surface area contributed by atoms with Gasteiger partial charge in [0.2, 0.25) is 0 Å². The Morgan fingerprint density at radius 1 is 1.39 bits per heavy atom. The van der Waals surface area contributed by atoms with E-state index in [1.54, 1.807) is 26.4 Å². The summed E-state index contributed by atoms with van der Waals surface area (Å²) in [7, 11) is 3.30. The third-order valence-corrected chi connectivity index (χ3v) is 2.66. The number of nitrogens with one attached hydrogen (secondary N) is 1. The first-order chi connectivity index (χ1) is 8.61. The number of nitrogens with zero attached hydrogens (tertiary/aromatic N) is 2. The van der Waals surface area contributed by atoms with E-state index in [0.29, 0.717) is 17.1 Å². The van der Waals surface area contributed by atoms with Gasteiger partial charge < -0.3 is 10.1 Å². The molecule has 5 heteroatoms. The van der Waals surface area contributed by atoms with E-state index in [1.165, 1.54) is 4.68 Å². The van der Waals surface area contributed by atoms with Crippen LogP contribution in [0, 0.1) is 6.92 Å². The van der Waals surface area contributed by atoms with E-state index in [9.17, 15) is 4.79 Å². The van der Waals surface area contributed by atoms with Crippen molar-refractivity contribution in [2.75, 3.05) is 12.4 Å². The average Bonchev–Trinajstić information content (AvgIpc) is 2.76. The Morgan fingerprint density at radius 2 is 2.17 bits per heavy atom. The highest BCUT2D eigenvalue weighted by molar-refractivity contribution is 6.03. The van der Waals surface area contributed by atoms with Crippen LogP contribution in [0.15, 0.2) is 30.5 Å². The maximum atomic E-state index is 12.0. The standard InChI is InChI=1S/C13H15N3O2/c1-9-4-5-12(18-3)10(8-9)15-13(17)11-6-7-14-16(11)2/h4-8H,1-3H3,(H,15,17).